The summed E-state index contributed by atoms with van der Waals surface area (Å²) < 4.78 is 11.3. The van der Waals surface area contributed by atoms with Crippen molar-refractivity contribution in [2.45, 2.75) is 20.8 Å². The topological polar surface area (TPSA) is 56.7 Å². The highest BCUT2D eigenvalue weighted by Gasteiger charge is 2.22. The van der Waals surface area contributed by atoms with E-state index in [1.807, 2.05) is 30.6 Å². The first kappa shape index (κ1) is 32.1. The summed E-state index contributed by atoms with van der Waals surface area (Å²) in [6, 6.07) is 50.8. The minimum absolute atomic E-state index is 0.719. The number of para-hydroxylation sites is 1. The van der Waals surface area contributed by atoms with Crippen LogP contribution in [0.1, 0.15) is 16.7 Å². The third-order valence-corrected chi connectivity index (χ3v) is 11.1. The molecule has 0 bridgehead atoms. The van der Waals surface area contributed by atoms with E-state index in [1.165, 1.54) is 22.3 Å². The smallest absolute Gasteiger partial charge is 0.146 e. The lowest BCUT2D eigenvalue weighted by Gasteiger charge is -2.15. The molecule has 6 aromatic carbocycles. The highest BCUT2D eigenvalue weighted by molar-refractivity contribution is 6.14. The maximum atomic E-state index is 6.77. The second kappa shape index (κ2) is 12.4. The number of fused-ring (bicyclic) bond motifs is 12. The van der Waals surface area contributed by atoms with Gasteiger partial charge in [0.05, 0.1) is 39.8 Å². The highest BCUT2D eigenvalue weighted by atomic mass is 16.5. The van der Waals surface area contributed by atoms with E-state index in [-0.39, 0.29) is 0 Å². The minimum Gasteiger partial charge on any atom is -0.457 e. The molecule has 266 valence electrons. The van der Waals surface area contributed by atoms with Gasteiger partial charge in [-0.05, 0) is 91.9 Å². The van der Waals surface area contributed by atoms with Crippen LogP contribution >= 0.6 is 0 Å². The maximum Gasteiger partial charge on any atom is 0.146 e. The van der Waals surface area contributed by atoms with Crippen LogP contribution in [0.2, 0.25) is 0 Å². The zero-order valence-electron chi connectivity index (χ0n) is 31.2. The number of aromatic nitrogens is 5. The van der Waals surface area contributed by atoms with E-state index in [1.54, 1.807) is 0 Å². The largest absolute Gasteiger partial charge is 0.457 e. The number of benzene rings is 6. The molecule has 0 fully saturated rings. The lowest BCUT2D eigenvalue weighted by Crippen LogP contribution is -1.98. The van der Waals surface area contributed by atoms with E-state index >= 15 is 0 Å². The maximum absolute atomic E-state index is 6.77. The van der Waals surface area contributed by atoms with Crippen LogP contribution in [0, 0.1) is 20.8 Å². The number of rotatable bonds is 5. The molecule has 6 heteroatoms. The van der Waals surface area contributed by atoms with Crippen LogP contribution in [0.4, 0.5) is 0 Å². The summed E-state index contributed by atoms with van der Waals surface area (Å²) in [5, 5.41) is 5.29. The molecule has 56 heavy (non-hydrogen) atoms. The number of imidazole rings is 2. The summed E-state index contributed by atoms with van der Waals surface area (Å²) in [7, 11) is 0. The standard InChI is InChI=1S/C50H35N5O/c1-30-25-31(2)45(32(3)26-30)44-29-52-49-41-28-36(21-23-39(41)47-43(54(44)49)19-12-24-51-47)56-35-20-22-37-38-17-10-11-18-42(38)55-48(34-15-8-5-9-16-34)46(33-13-6-4-7-14-33)53-50(55)40(37)27-35/h4-29H,1-3H3. The van der Waals surface area contributed by atoms with Crippen molar-refractivity contribution in [2.75, 3.05) is 0 Å². The summed E-state index contributed by atoms with van der Waals surface area (Å²) in [5.41, 5.74) is 14.9. The Labute approximate surface area is 322 Å². The number of pyridine rings is 3. The average Bonchev–Trinajstić information content (AvgIpc) is 3.85. The van der Waals surface area contributed by atoms with E-state index in [0.717, 1.165) is 94.5 Å². The summed E-state index contributed by atoms with van der Waals surface area (Å²) in [5.74, 6) is 1.45. The van der Waals surface area contributed by atoms with Crippen LogP contribution in [0.15, 0.2) is 158 Å². The molecule has 5 aromatic heterocycles. The lowest BCUT2D eigenvalue weighted by molar-refractivity contribution is 0.484. The Morgan fingerprint density at radius 1 is 0.500 bits per heavy atom. The van der Waals surface area contributed by atoms with Gasteiger partial charge in [-0.25, -0.2) is 9.97 Å². The molecule has 0 radical (unpaired) electrons. The van der Waals surface area contributed by atoms with Crippen molar-refractivity contribution >= 4 is 54.8 Å². The van der Waals surface area contributed by atoms with Gasteiger partial charge in [0.2, 0.25) is 0 Å². The molecule has 0 aliphatic carbocycles. The van der Waals surface area contributed by atoms with Crippen LogP contribution in [0.25, 0.3) is 88.5 Å². The molecular weight excluding hydrogens is 687 g/mol. The van der Waals surface area contributed by atoms with Crippen LogP contribution < -0.4 is 4.74 Å². The number of nitrogens with zero attached hydrogens (tertiary/aromatic N) is 5. The van der Waals surface area contributed by atoms with Gasteiger partial charge in [-0.1, -0.05) is 96.6 Å². The third kappa shape index (κ3) is 4.85. The van der Waals surface area contributed by atoms with Crippen LogP contribution in [-0.2, 0) is 0 Å². The molecule has 0 unspecified atom stereocenters. The van der Waals surface area contributed by atoms with E-state index in [9.17, 15) is 0 Å². The summed E-state index contributed by atoms with van der Waals surface area (Å²) in [6.45, 7) is 6.50. The van der Waals surface area contributed by atoms with Crippen molar-refractivity contribution in [2.24, 2.45) is 0 Å². The fourth-order valence-corrected chi connectivity index (χ4v) is 8.84. The van der Waals surface area contributed by atoms with Gasteiger partial charge in [-0.3, -0.25) is 13.8 Å². The third-order valence-electron chi connectivity index (χ3n) is 11.1. The van der Waals surface area contributed by atoms with E-state index < -0.39 is 0 Å². The van der Waals surface area contributed by atoms with E-state index in [4.69, 9.17) is 19.7 Å². The first-order valence-electron chi connectivity index (χ1n) is 18.9. The fraction of sp³-hybridized carbons (Fsp3) is 0.0600. The first-order valence-corrected chi connectivity index (χ1v) is 18.9. The van der Waals surface area contributed by atoms with Gasteiger partial charge in [-0.15, -0.1) is 0 Å². The number of aryl methyl sites for hydroxylation is 3. The molecule has 0 saturated carbocycles. The van der Waals surface area contributed by atoms with E-state index in [0.29, 0.717) is 0 Å². The Kier molecular flexibility index (Phi) is 7.10. The van der Waals surface area contributed by atoms with Crippen LogP contribution in [-0.4, -0.2) is 23.8 Å². The second-order valence-corrected chi connectivity index (χ2v) is 14.7. The van der Waals surface area contributed by atoms with Crippen molar-refractivity contribution in [1.29, 1.82) is 0 Å². The second-order valence-electron chi connectivity index (χ2n) is 14.7. The number of hydrogen-bond acceptors (Lipinski definition) is 4. The first-order chi connectivity index (χ1) is 27.5. The average molecular weight is 722 g/mol. The summed E-state index contributed by atoms with van der Waals surface area (Å²) in [4.78, 5) is 15.4. The van der Waals surface area contributed by atoms with E-state index in [2.05, 4.69) is 157 Å². The zero-order chi connectivity index (χ0) is 37.5. The molecule has 0 aliphatic rings. The highest BCUT2D eigenvalue weighted by Crippen LogP contribution is 2.41. The van der Waals surface area contributed by atoms with Crippen LogP contribution in [0.3, 0.4) is 0 Å². The quantitative estimate of drug-likeness (QED) is 0.166. The van der Waals surface area contributed by atoms with Gasteiger partial charge in [0.1, 0.15) is 22.8 Å². The van der Waals surface area contributed by atoms with Crippen molar-refractivity contribution < 1.29 is 4.74 Å². The molecule has 6 nitrogen and oxygen atoms in total. The Morgan fingerprint density at radius 3 is 1.89 bits per heavy atom. The van der Waals surface area contributed by atoms with Crippen molar-refractivity contribution in [1.82, 2.24) is 23.8 Å². The van der Waals surface area contributed by atoms with Gasteiger partial charge in [0, 0.05) is 44.4 Å². The zero-order valence-corrected chi connectivity index (χ0v) is 31.2. The van der Waals surface area contributed by atoms with Gasteiger partial charge >= 0.3 is 0 Å². The molecular formula is C50H35N5O. The Morgan fingerprint density at radius 2 is 1.14 bits per heavy atom. The Bertz CT molecular complexity index is 3340. The summed E-state index contributed by atoms with van der Waals surface area (Å²) >= 11 is 0. The minimum atomic E-state index is 0.719. The Hall–Kier alpha value is -7.31. The Balaban J connectivity index is 1.11. The molecule has 0 amide bonds. The molecule has 0 atom stereocenters. The molecule has 0 spiro atoms. The van der Waals surface area contributed by atoms with Crippen molar-refractivity contribution in [3.05, 3.63) is 175 Å². The SMILES string of the molecule is Cc1cc(C)c(-c2cnc3c4cc(Oc5ccc6c7ccccc7n7c(-c8ccccc8)c(-c8ccccc8)nc7c6c5)ccc4c4ncccc4n23)c(C)c1. The van der Waals surface area contributed by atoms with Gasteiger partial charge in [0.15, 0.2) is 0 Å². The molecule has 0 saturated heterocycles. The number of hydrogen-bond donors (Lipinski definition) is 0. The monoisotopic (exact) mass is 721 g/mol. The molecule has 0 aliphatic heterocycles. The summed E-state index contributed by atoms with van der Waals surface area (Å²) in [6.07, 6.45) is 3.86. The van der Waals surface area contributed by atoms with Gasteiger partial charge in [-0.2, -0.15) is 0 Å². The van der Waals surface area contributed by atoms with Gasteiger partial charge in [0.25, 0.3) is 0 Å². The molecule has 5 heterocycles. The fourth-order valence-electron chi connectivity index (χ4n) is 8.84. The van der Waals surface area contributed by atoms with Gasteiger partial charge < -0.3 is 4.74 Å². The predicted octanol–water partition coefficient (Wildman–Crippen LogP) is 12.7. The lowest BCUT2D eigenvalue weighted by atomic mass is 9.97. The van der Waals surface area contributed by atoms with Crippen LogP contribution in [0.5, 0.6) is 11.5 Å². The predicted molar refractivity (Wildman–Crippen MR) is 229 cm³/mol. The number of ether oxygens (including phenoxy) is 1. The molecule has 11 aromatic rings. The molecule has 11 rings (SSSR count). The van der Waals surface area contributed by atoms with Crippen molar-refractivity contribution in [3.63, 3.8) is 0 Å². The van der Waals surface area contributed by atoms with Crippen molar-refractivity contribution in [3.8, 4) is 45.3 Å². The normalized spacial score (nSPS) is 11.8. The molecule has 0 N–H and O–H groups in total.